The van der Waals surface area contributed by atoms with Crippen LogP contribution in [-0.2, 0) is 33.4 Å². The summed E-state index contributed by atoms with van der Waals surface area (Å²) >= 11 is 0. The first-order chi connectivity index (χ1) is 54.7. The van der Waals surface area contributed by atoms with Gasteiger partial charge in [-0.2, -0.15) is 5.26 Å². The second-order valence-electron chi connectivity index (χ2n) is 25.2. The van der Waals surface area contributed by atoms with E-state index in [-0.39, 0.29) is 132 Å². The lowest BCUT2D eigenvalue weighted by molar-refractivity contribution is -0.138. The van der Waals surface area contributed by atoms with Crippen LogP contribution in [-0.4, -0.2) is 174 Å². The van der Waals surface area contributed by atoms with E-state index >= 15 is 0 Å². The molecule has 0 aromatic heterocycles. The van der Waals surface area contributed by atoms with Gasteiger partial charge in [0.2, 0.25) is 11.8 Å². The number of esters is 6. The normalized spacial score (nSPS) is 12.7. The van der Waals surface area contributed by atoms with Crippen LogP contribution in [0, 0.1) is 11.3 Å². The number of benzene rings is 10. The van der Waals surface area contributed by atoms with Gasteiger partial charge < -0.3 is 67.8 Å². The SMILES string of the molecule is Cl.Cl.N#Cc1cc2c3c(cccc3c1)C(=O)OC2=O.NC(=O)c1cc2c3c(cccc3c1)C(=O)N(CCCC(=O)O)C2=O.NC(=O)c1cc2c3c(cccc3c1)C(=O)OC2=O.NCCCC(=O)O.NCCCC(=O)O.O=C(O)CCCN1C(=O)c2cccc3cc(C(=O)O)cc(c23)C1=O.O=C(O)c1cc2c3c(cccc3c1)C(=O)OC2=O. The van der Waals surface area contributed by atoms with E-state index in [1.807, 2.05) is 6.07 Å². The van der Waals surface area contributed by atoms with Crippen molar-refractivity contribution in [1.29, 1.82) is 5.26 Å². The molecule has 0 saturated heterocycles. The number of amides is 6. The summed E-state index contributed by atoms with van der Waals surface area (Å²) in [5.74, 6) is -13.5. The van der Waals surface area contributed by atoms with Crippen LogP contribution in [0.15, 0.2) is 152 Å². The van der Waals surface area contributed by atoms with Gasteiger partial charge in [-0.3, -0.25) is 57.7 Å². The van der Waals surface area contributed by atoms with E-state index in [9.17, 15) is 91.4 Å². The summed E-state index contributed by atoms with van der Waals surface area (Å²) in [5.41, 5.74) is 23.8. The molecular formula is C81H65Cl2N7O27. The Morgan fingerprint density at radius 3 is 0.863 bits per heavy atom. The lowest BCUT2D eigenvalue weighted by atomic mass is 9.92. The lowest BCUT2D eigenvalue weighted by Crippen LogP contribution is -2.41. The van der Waals surface area contributed by atoms with E-state index in [4.69, 9.17) is 53.7 Å². The Balaban J connectivity index is 0.000000194. The number of hydrogen-bond donors (Lipinski definition) is 10. The molecule has 600 valence electrons. The number of rotatable bonds is 18. The highest BCUT2D eigenvalue weighted by Gasteiger charge is 2.37. The van der Waals surface area contributed by atoms with Crippen LogP contribution < -0.4 is 22.9 Å². The lowest BCUT2D eigenvalue weighted by Gasteiger charge is -2.27. The molecule has 0 atom stereocenters. The van der Waals surface area contributed by atoms with Crippen molar-refractivity contribution in [3.8, 4) is 6.07 Å². The zero-order valence-corrected chi connectivity index (χ0v) is 62.3. The van der Waals surface area contributed by atoms with E-state index in [1.54, 1.807) is 109 Å². The summed E-state index contributed by atoms with van der Waals surface area (Å²) < 4.78 is 13.8. The first-order valence-electron chi connectivity index (χ1n) is 34.3. The number of carboxylic acids is 6. The molecule has 0 bridgehead atoms. The van der Waals surface area contributed by atoms with Gasteiger partial charge in [-0.05, 0) is 157 Å². The van der Waals surface area contributed by atoms with E-state index < -0.39 is 107 Å². The molecule has 36 heteroatoms. The number of halogens is 2. The monoisotopic (exact) mass is 1640 g/mol. The van der Waals surface area contributed by atoms with E-state index in [2.05, 4.69) is 14.2 Å². The summed E-state index contributed by atoms with van der Waals surface area (Å²) in [5, 5.41) is 65.8. The highest BCUT2D eigenvalue weighted by molar-refractivity contribution is 6.29. The predicted octanol–water partition coefficient (Wildman–Crippen LogP) is 8.98. The fourth-order valence-electron chi connectivity index (χ4n) is 12.5. The number of carbonyl (C=O) groups is 18. The van der Waals surface area contributed by atoms with Gasteiger partial charge in [-0.1, -0.05) is 60.7 Å². The molecule has 5 aliphatic heterocycles. The molecule has 0 saturated carbocycles. The fraction of sp³-hybridized carbons (Fsp3) is 0.148. The largest absolute Gasteiger partial charge is 0.481 e. The van der Waals surface area contributed by atoms with Crippen LogP contribution in [0.1, 0.15) is 202 Å². The zero-order chi connectivity index (χ0) is 84.0. The highest BCUT2D eigenvalue weighted by atomic mass is 35.5. The number of aromatic carboxylic acids is 2. The summed E-state index contributed by atoms with van der Waals surface area (Å²) in [6.07, 6.45) is 1.53. The highest BCUT2D eigenvalue weighted by Crippen LogP contribution is 2.36. The average Bonchev–Trinajstić information content (AvgIpc) is 0.330. The van der Waals surface area contributed by atoms with E-state index in [1.165, 1.54) is 42.5 Å². The van der Waals surface area contributed by atoms with Crippen LogP contribution in [0.2, 0.25) is 0 Å². The molecule has 14 N–H and O–H groups in total. The number of carbonyl (C=O) groups excluding carboxylic acids is 12. The second kappa shape index (κ2) is 38.9. The molecule has 6 amide bonds. The summed E-state index contributed by atoms with van der Waals surface area (Å²) in [7, 11) is 0. The fourth-order valence-corrected chi connectivity index (χ4v) is 12.5. The minimum absolute atomic E-state index is 0. The Hall–Kier alpha value is -15.1. The molecule has 5 heterocycles. The number of primary amides is 2. The first kappa shape index (κ1) is 89.2. The van der Waals surface area contributed by atoms with Gasteiger partial charge in [0.05, 0.1) is 56.1 Å². The maximum atomic E-state index is 12.7. The number of nitriles is 1. The molecule has 34 nitrogen and oxygen atoms in total. The molecule has 10 aromatic carbocycles. The van der Waals surface area contributed by atoms with Gasteiger partial charge in [0.1, 0.15) is 0 Å². The number of imide groups is 2. The molecule has 10 aromatic rings. The number of cyclic esters (lactones) is 6. The number of nitrogens with zero attached hydrogens (tertiary/aromatic N) is 3. The van der Waals surface area contributed by atoms with Gasteiger partial charge in [0.15, 0.2) is 0 Å². The van der Waals surface area contributed by atoms with Crippen LogP contribution in [0.3, 0.4) is 0 Å². The van der Waals surface area contributed by atoms with Crippen molar-refractivity contribution in [3.63, 3.8) is 0 Å². The minimum atomic E-state index is -1.17. The summed E-state index contributed by atoms with van der Waals surface area (Å²) in [4.78, 5) is 207. The number of hydrogen-bond acceptors (Lipinski definition) is 24. The molecule has 5 aliphatic rings. The summed E-state index contributed by atoms with van der Waals surface area (Å²) in [6.45, 7) is 0.899. The van der Waals surface area contributed by atoms with Gasteiger partial charge in [-0.15, -0.1) is 24.8 Å². The van der Waals surface area contributed by atoms with Gasteiger partial charge in [0.25, 0.3) is 23.6 Å². The van der Waals surface area contributed by atoms with Crippen molar-refractivity contribution in [1.82, 2.24) is 9.80 Å². The van der Waals surface area contributed by atoms with Crippen molar-refractivity contribution in [2.75, 3.05) is 26.2 Å². The molecule has 15 rings (SSSR count). The van der Waals surface area contributed by atoms with E-state index in [0.29, 0.717) is 108 Å². The zero-order valence-electron chi connectivity index (χ0n) is 60.6. The van der Waals surface area contributed by atoms with Crippen LogP contribution >= 0.6 is 24.8 Å². The Morgan fingerprint density at radius 2 is 0.573 bits per heavy atom. The third-order valence-electron chi connectivity index (χ3n) is 17.6. The maximum absolute atomic E-state index is 12.7. The van der Waals surface area contributed by atoms with Crippen LogP contribution in [0.25, 0.3) is 53.9 Å². The third-order valence-corrected chi connectivity index (χ3v) is 17.6. The molecule has 0 unspecified atom stereocenters. The maximum Gasteiger partial charge on any atom is 0.346 e. The Morgan fingerprint density at radius 1 is 0.325 bits per heavy atom. The molecule has 0 radical (unpaired) electrons. The average molecular weight is 1640 g/mol. The quantitative estimate of drug-likeness (QED) is 0.0166. The van der Waals surface area contributed by atoms with Gasteiger partial charge in [0, 0.05) is 99.1 Å². The first-order valence-corrected chi connectivity index (χ1v) is 34.3. The molecule has 0 spiro atoms. The van der Waals surface area contributed by atoms with Crippen LogP contribution in [0.5, 0.6) is 0 Å². The topological polar surface area (TPSA) is 591 Å². The van der Waals surface area contributed by atoms with Crippen LogP contribution in [0.4, 0.5) is 0 Å². The molecule has 117 heavy (non-hydrogen) atoms. The van der Waals surface area contributed by atoms with Crippen molar-refractivity contribution in [2.24, 2.45) is 22.9 Å². The Kier molecular flexibility index (Phi) is 29.7. The number of aliphatic carboxylic acids is 4. The molecule has 0 fully saturated rings. The van der Waals surface area contributed by atoms with Crippen molar-refractivity contribution in [3.05, 3.63) is 235 Å². The van der Waals surface area contributed by atoms with Crippen molar-refractivity contribution < 1.29 is 131 Å². The number of carboxylic acid groups (broad SMARTS) is 6. The molecule has 0 aliphatic carbocycles. The second-order valence-corrected chi connectivity index (χ2v) is 25.2. The number of ether oxygens (including phenoxy) is 3. The minimum Gasteiger partial charge on any atom is -0.481 e. The van der Waals surface area contributed by atoms with E-state index in [0.717, 1.165) is 9.80 Å². The Bertz CT molecular complexity index is 5660. The Labute approximate surface area is 670 Å². The van der Waals surface area contributed by atoms with Gasteiger partial charge >= 0.3 is 71.6 Å². The predicted molar refractivity (Wildman–Crippen MR) is 415 cm³/mol. The van der Waals surface area contributed by atoms with Crippen molar-refractivity contribution >= 4 is 186 Å². The molecular weight excluding hydrogens is 1570 g/mol. The smallest absolute Gasteiger partial charge is 0.346 e. The third kappa shape index (κ3) is 20.2. The van der Waals surface area contributed by atoms with Gasteiger partial charge in [-0.25, -0.2) is 38.4 Å². The number of nitrogens with two attached hydrogens (primary N) is 4. The van der Waals surface area contributed by atoms with Crippen molar-refractivity contribution in [2.45, 2.75) is 51.4 Å². The standard InChI is InChI=1S/C17H14N2O5.C17H13NO6.C13H7NO4.C13H5NO3.C13H6O5.2C4H9NO2.2ClH/c18-15(22)10-7-9-3-1-4-11-14(9)12(8-10)17(24)19(16(11)23)6-2-5-13(20)21;19-13(20)5-2-6-18-15(21)11-4-1-3-9-7-10(17(23)24)8-12(14(9)11)16(18)22;14-11(15)7-4-6-2-1-3-8-10(6)9(5-7)13(17)18-12(8)16;14-6-7-4-8-2-1-3-9-11(8)10(5-7)13(16)17-12(9)15;14-11(15)7-4-6-2-1-3-8-10(6)9(5-7)13(17)18-12(8)16;2*5-3-1-2-4(6)7;;/h1,3-4,7-8H,2,5-6H2,(H2,18,22)(H,20,21);1,3-4,7-8H,2,5-6H2,(H,19,20)(H,23,24);1-5H,(H2,14,15);1-5H;1-5H,(H,14,15);2*1-3,5H2,(H,6,7);2*1H. The summed E-state index contributed by atoms with van der Waals surface area (Å²) in [6, 6.07) is 40.9.